The van der Waals surface area contributed by atoms with Gasteiger partial charge >= 0.3 is 5.63 Å². The Hall–Kier alpha value is -2.16. The zero-order valence-electron chi connectivity index (χ0n) is 10.5. The third-order valence-electron chi connectivity index (χ3n) is 3.51. The van der Waals surface area contributed by atoms with E-state index in [-0.39, 0.29) is 11.4 Å². The van der Waals surface area contributed by atoms with E-state index in [0.29, 0.717) is 16.9 Å². The number of hydrogen-bond donors (Lipinski definition) is 0. The summed E-state index contributed by atoms with van der Waals surface area (Å²) in [6, 6.07) is 3.72. The zero-order valence-corrected chi connectivity index (χ0v) is 10.5. The van der Waals surface area contributed by atoms with Crippen LogP contribution in [0.25, 0.3) is 16.9 Å². The van der Waals surface area contributed by atoms with Crippen molar-refractivity contribution in [2.75, 3.05) is 0 Å². The Bertz CT molecular complexity index is 747. The number of rotatable bonds is 0. The van der Waals surface area contributed by atoms with Crippen LogP contribution in [0.3, 0.4) is 0 Å². The number of carbonyl (C=O) groups excluding carboxylic acids is 1. The van der Waals surface area contributed by atoms with Crippen molar-refractivity contribution in [1.29, 1.82) is 0 Å². The molecule has 0 N–H and O–H groups in total. The second kappa shape index (κ2) is 3.42. The molecule has 0 aromatic carbocycles. The molecule has 18 heavy (non-hydrogen) atoms. The lowest BCUT2D eigenvalue weighted by Crippen LogP contribution is -1.94. The molecule has 0 aromatic heterocycles. The molecule has 0 saturated heterocycles. The van der Waals surface area contributed by atoms with E-state index in [4.69, 9.17) is 4.42 Å². The van der Waals surface area contributed by atoms with Crippen molar-refractivity contribution in [3.05, 3.63) is 50.9 Å². The van der Waals surface area contributed by atoms with Gasteiger partial charge in [-0.15, -0.1) is 0 Å². The minimum Gasteiger partial charge on any atom is -0.422 e. The first-order chi connectivity index (χ1) is 8.50. The van der Waals surface area contributed by atoms with Crippen molar-refractivity contribution in [3.63, 3.8) is 0 Å². The van der Waals surface area contributed by atoms with Gasteiger partial charge in [0.2, 0.25) is 0 Å². The lowest BCUT2D eigenvalue weighted by molar-refractivity contribution is 0.104. The van der Waals surface area contributed by atoms with Gasteiger partial charge in [0.25, 0.3) is 0 Å². The number of carbonyl (C=O) groups is 1. The van der Waals surface area contributed by atoms with Crippen molar-refractivity contribution in [1.82, 2.24) is 0 Å². The van der Waals surface area contributed by atoms with E-state index in [9.17, 15) is 9.59 Å². The summed E-state index contributed by atoms with van der Waals surface area (Å²) >= 11 is 0. The highest BCUT2D eigenvalue weighted by Crippen LogP contribution is 2.38. The summed E-state index contributed by atoms with van der Waals surface area (Å²) in [4.78, 5) is 23.6. The molecule has 0 aromatic rings. The third-order valence-corrected chi connectivity index (χ3v) is 3.51. The molecule has 1 aliphatic heterocycles. The van der Waals surface area contributed by atoms with E-state index in [1.807, 2.05) is 26.0 Å². The molecule has 3 heteroatoms. The van der Waals surface area contributed by atoms with Gasteiger partial charge in [-0.25, -0.2) is 4.79 Å². The van der Waals surface area contributed by atoms with Crippen LogP contribution in [0.4, 0.5) is 0 Å². The van der Waals surface area contributed by atoms with E-state index in [0.717, 1.165) is 22.3 Å². The third kappa shape index (κ3) is 1.24. The molecule has 1 heterocycles. The summed E-state index contributed by atoms with van der Waals surface area (Å²) in [6.45, 7) is 5.51. The number of ketones is 1. The van der Waals surface area contributed by atoms with Crippen LogP contribution in [0.5, 0.6) is 0 Å². The van der Waals surface area contributed by atoms with Crippen molar-refractivity contribution in [3.8, 4) is 11.3 Å². The Morgan fingerprint density at radius 2 is 1.72 bits per heavy atom. The molecule has 0 amide bonds. The fraction of sp³-hybridized carbons (Fsp3) is 0.200. The van der Waals surface area contributed by atoms with Gasteiger partial charge in [-0.2, -0.15) is 0 Å². The van der Waals surface area contributed by atoms with Gasteiger partial charge in [-0.3, -0.25) is 4.79 Å². The zero-order chi connectivity index (χ0) is 13.0. The first-order valence-electron chi connectivity index (χ1n) is 5.80. The fourth-order valence-corrected chi connectivity index (χ4v) is 2.53. The molecule has 3 rings (SSSR count). The highest BCUT2D eigenvalue weighted by atomic mass is 16.4. The fourth-order valence-electron chi connectivity index (χ4n) is 2.53. The van der Waals surface area contributed by atoms with E-state index >= 15 is 0 Å². The van der Waals surface area contributed by atoms with E-state index in [2.05, 4.69) is 0 Å². The quantitative estimate of drug-likeness (QED) is 0.711. The average molecular weight is 240 g/mol. The topological polar surface area (TPSA) is 47.3 Å². The van der Waals surface area contributed by atoms with Crippen LogP contribution in [0, 0.1) is 13.8 Å². The van der Waals surface area contributed by atoms with Crippen molar-refractivity contribution >= 4 is 11.4 Å². The predicted molar refractivity (Wildman–Crippen MR) is 69.1 cm³/mol. The Balaban J connectivity index is 2.55. The molecule has 0 saturated carbocycles. The smallest absolute Gasteiger partial charge is 0.339 e. The van der Waals surface area contributed by atoms with Crippen LogP contribution >= 0.6 is 0 Å². The van der Waals surface area contributed by atoms with Gasteiger partial charge in [0.05, 0.1) is 0 Å². The molecule has 0 fully saturated rings. The van der Waals surface area contributed by atoms with Gasteiger partial charge in [0, 0.05) is 22.3 Å². The van der Waals surface area contributed by atoms with Gasteiger partial charge < -0.3 is 4.42 Å². The SMILES string of the molecule is CC1=CC(=O)c2c(C)ccc3c(C)c(=O)oc-3c21. The van der Waals surface area contributed by atoms with Gasteiger partial charge in [0.15, 0.2) is 5.78 Å². The van der Waals surface area contributed by atoms with E-state index < -0.39 is 0 Å². The number of hydrogen-bond acceptors (Lipinski definition) is 3. The lowest BCUT2D eigenvalue weighted by Gasteiger charge is -2.01. The van der Waals surface area contributed by atoms with Crippen LogP contribution in [-0.4, -0.2) is 5.78 Å². The molecule has 0 unspecified atom stereocenters. The predicted octanol–water partition coefficient (Wildman–Crippen LogP) is 2.96. The first kappa shape index (κ1) is 11.0. The van der Waals surface area contributed by atoms with Crippen molar-refractivity contribution in [2.24, 2.45) is 0 Å². The van der Waals surface area contributed by atoms with Gasteiger partial charge in [-0.05, 0) is 38.0 Å². The minimum atomic E-state index is -0.330. The molecule has 3 aliphatic rings. The number of fused-ring (bicyclic) bond motifs is 3. The second-order valence-corrected chi connectivity index (χ2v) is 4.72. The molecular weight excluding hydrogens is 228 g/mol. The van der Waals surface area contributed by atoms with Gasteiger partial charge in [0.1, 0.15) is 5.76 Å². The van der Waals surface area contributed by atoms with Crippen molar-refractivity contribution in [2.45, 2.75) is 20.8 Å². The van der Waals surface area contributed by atoms with Crippen LogP contribution < -0.4 is 5.63 Å². The van der Waals surface area contributed by atoms with Crippen LogP contribution in [-0.2, 0) is 0 Å². The Morgan fingerprint density at radius 3 is 2.44 bits per heavy atom. The Labute approximate surface area is 104 Å². The average Bonchev–Trinajstić information content (AvgIpc) is 2.68. The Morgan fingerprint density at radius 1 is 1.00 bits per heavy atom. The molecule has 0 spiro atoms. The van der Waals surface area contributed by atoms with E-state index in [1.54, 1.807) is 13.0 Å². The van der Waals surface area contributed by atoms with Crippen LogP contribution in [0.15, 0.2) is 27.4 Å². The number of aryl methyl sites for hydroxylation is 1. The molecule has 0 atom stereocenters. The number of furan rings is 1. The molecular formula is C15H12O3. The summed E-state index contributed by atoms with van der Waals surface area (Å²) in [6.07, 6.45) is 1.60. The molecule has 3 nitrogen and oxygen atoms in total. The summed E-state index contributed by atoms with van der Waals surface area (Å²) < 4.78 is 5.33. The molecule has 0 radical (unpaired) electrons. The maximum absolute atomic E-state index is 12.0. The highest BCUT2D eigenvalue weighted by Gasteiger charge is 2.28. The summed E-state index contributed by atoms with van der Waals surface area (Å²) in [5.41, 5.74) is 4.22. The van der Waals surface area contributed by atoms with E-state index in [1.165, 1.54) is 0 Å². The maximum Gasteiger partial charge on any atom is 0.339 e. The first-order valence-corrected chi connectivity index (χ1v) is 5.80. The monoisotopic (exact) mass is 240 g/mol. The van der Waals surface area contributed by atoms with Crippen molar-refractivity contribution < 1.29 is 9.21 Å². The van der Waals surface area contributed by atoms with Gasteiger partial charge in [-0.1, -0.05) is 12.1 Å². The normalized spacial score (nSPS) is 13.9. The highest BCUT2D eigenvalue weighted by molar-refractivity contribution is 6.18. The molecule has 0 bridgehead atoms. The van der Waals surface area contributed by atoms with Crippen LogP contribution in [0.1, 0.15) is 34.0 Å². The summed E-state index contributed by atoms with van der Waals surface area (Å²) in [5.74, 6) is 0.513. The minimum absolute atomic E-state index is 0.0148. The van der Waals surface area contributed by atoms with Crippen LogP contribution in [0.2, 0.25) is 0 Å². The largest absolute Gasteiger partial charge is 0.422 e. The molecule has 2 aliphatic carbocycles. The summed E-state index contributed by atoms with van der Waals surface area (Å²) in [5, 5.41) is 0. The standard InChI is InChI=1S/C15H12O3/c1-7-4-5-10-9(3)15(17)18-14(10)13-8(2)6-11(16)12(7)13/h4-6H,1-3H3. The lowest BCUT2D eigenvalue weighted by atomic mass is 10.0. The number of allylic oxidation sites excluding steroid dienone is 2. The second-order valence-electron chi connectivity index (χ2n) is 4.72. The Kier molecular flexibility index (Phi) is 2.08. The molecule has 90 valence electrons. The maximum atomic E-state index is 12.0. The summed E-state index contributed by atoms with van der Waals surface area (Å²) in [7, 11) is 0.